The Kier molecular flexibility index (Phi) is 4.38. The van der Waals surface area contributed by atoms with Gasteiger partial charge in [0.15, 0.2) is 5.82 Å². The monoisotopic (exact) mass is 403 g/mol. The van der Waals surface area contributed by atoms with Gasteiger partial charge in [0.1, 0.15) is 0 Å². The van der Waals surface area contributed by atoms with E-state index in [-0.39, 0.29) is 29.1 Å². The highest BCUT2D eigenvalue weighted by molar-refractivity contribution is 6.13. The highest BCUT2D eigenvalue weighted by Crippen LogP contribution is 2.29. The number of carbonyl (C=O) groups is 2. The van der Waals surface area contributed by atoms with Crippen molar-refractivity contribution in [2.75, 3.05) is 24.6 Å². The highest BCUT2D eigenvalue weighted by Gasteiger charge is 2.30. The number of benzene rings is 2. The van der Waals surface area contributed by atoms with Crippen molar-refractivity contribution in [3.05, 3.63) is 64.2 Å². The first kappa shape index (κ1) is 18.5. The fraction of sp³-hybridized carbons (Fsp3) is 0.304. The van der Waals surface area contributed by atoms with Crippen LogP contribution in [0.1, 0.15) is 35.9 Å². The van der Waals surface area contributed by atoms with E-state index in [1.54, 1.807) is 24.3 Å². The molecule has 2 aromatic carbocycles. The molecule has 0 bridgehead atoms. The van der Waals surface area contributed by atoms with E-state index in [1.807, 2.05) is 25.1 Å². The molecule has 0 unspecified atom stereocenters. The molecule has 7 nitrogen and oxygen atoms in total. The van der Waals surface area contributed by atoms with E-state index in [4.69, 9.17) is 4.74 Å². The topological polar surface area (TPSA) is 81.5 Å². The number of fused-ring (bicyclic) bond motifs is 4. The van der Waals surface area contributed by atoms with Crippen LogP contribution in [0.2, 0.25) is 0 Å². The average Bonchev–Trinajstić information content (AvgIpc) is 3.06. The minimum Gasteiger partial charge on any atom is -0.466 e. The summed E-state index contributed by atoms with van der Waals surface area (Å²) < 4.78 is 6.55. The lowest BCUT2D eigenvalue weighted by Crippen LogP contribution is -2.37. The Hall–Kier alpha value is -3.48. The molecule has 1 saturated heterocycles. The third-order valence-electron chi connectivity index (χ3n) is 5.92. The van der Waals surface area contributed by atoms with Crippen molar-refractivity contribution in [1.29, 1.82) is 0 Å². The van der Waals surface area contributed by atoms with E-state index in [0.717, 1.165) is 31.6 Å². The Bertz CT molecular complexity index is 1240. The summed E-state index contributed by atoms with van der Waals surface area (Å²) in [5, 5.41) is 0.480. The SMILES string of the molecule is CCOC(=O)C1CCN(c2ccc3nc4n(c(=O)c3c2)-c2ccccc2C4=O)CC1. The fourth-order valence-corrected chi connectivity index (χ4v) is 4.36. The number of carbonyl (C=O) groups excluding carboxylic acids is 2. The fourth-order valence-electron chi connectivity index (χ4n) is 4.36. The highest BCUT2D eigenvalue weighted by atomic mass is 16.5. The Morgan fingerprint density at radius 3 is 2.67 bits per heavy atom. The number of nitrogens with zero attached hydrogens (tertiary/aromatic N) is 3. The van der Waals surface area contributed by atoms with Crippen molar-refractivity contribution in [1.82, 2.24) is 9.55 Å². The van der Waals surface area contributed by atoms with E-state index in [9.17, 15) is 14.4 Å². The second-order valence-corrected chi connectivity index (χ2v) is 7.64. The predicted octanol–water partition coefficient (Wildman–Crippen LogP) is 2.71. The standard InChI is InChI=1S/C23H21N3O4/c1-2-30-23(29)14-9-11-25(12-10-14)15-7-8-18-17(13-15)22(28)26-19-6-4-3-5-16(19)20(27)21(26)24-18/h3-8,13-14H,2,9-12H2,1H3. The normalized spacial score (nSPS) is 15.9. The Balaban J connectivity index is 1.50. The molecule has 30 heavy (non-hydrogen) atoms. The number of esters is 1. The van der Waals surface area contributed by atoms with E-state index >= 15 is 0 Å². The number of ketones is 1. The Labute approximate surface area is 172 Å². The molecule has 0 saturated carbocycles. The minimum absolute atomic E-state index is 0.0697. The van der Waals surface area contributed by atoms with Crippen LogP contribution in [-0.2, 0) is 9.53 Å². The molecule has 0 radical (unpaired) electrons. The first-order valence-electron chi connectivity index (χ1n) is 10.2. The van der Waals surface area contributed by atoms with Gasteiger partial charge < -0.3 is 9.64 Å². The number of piperidine rings is 1. The summed E-state index contributed by atoms with van der Waals surface area (Å²) in [7, 11) is 0. The zero-order valence-electron chi connectivity index (χ0n) is 16.6. The van der Waals surface area contributed by atoms with Gasteiger partial charge in [-0.25, -0.2) is 4.98 Å². The van der Waals surface area contributed by atoms with Crippen molar-refractivity contribution >= 4 is 28.3 Å². The van der Waals surface area contributed by atoms with Crippen molar-refractivity contribution in [3.63, 3.8) is 0 Å². The smallest absolute Gasteiger partial charge is 0.309 e. The first-order valence-corrected chi connectivity index (χ1v) is 10.2. The van der Waals surface area contributed by atoms with Crippen LogP contribution in [0.15, 0.2) is 47.3 Å². The summed E-state index contributed by atoms with van der Waals surface area (Å²) in [6.45, 7) is 3.65. The van der Waals surface area contributed by atoms with Crippen LogP contribution in [0.4, 0.5) is 5.69 Å². The lowest BCUT2D eigenvalue weighted by Gasteiger charge is -2.32. The average molecular weight is 403 g/mol. The maximum absolute atomic E-state index is 13.3. The first-order chi connectivity index (χ1) is 14.6. The molecular formula is C23H21N3O4. The van der Waals surface area contributed by atoms with Crippen LogP contribution < -0.4 is 10.5 Å². The van der Waals surface area contributed by atoms with Gasteiger partial charge in [-0.3, -0.25) is 19.0 Å². The quantitative estimate of drug-likeness (QED) is 0.489. The molecule has 7 heteroatoms. The third-order valence-corrected chi connectivity index (χ3v) is 5.92. The van der Waals surface area contributed by atoms with Gasteiger partial charge in [0.2, 0.25) is 5.78 Å². The van der Waals surface area contributed by atoms with Crippen LogP contribution in [0.5, 0.6) is 0 Å². The van der Waals surface area contributed by atoms with Crippen molar-refractivity contribution in [3.8, 4) is 5.69 Å². The van der Waals surface area contributed by atoms with Crippen LogP contribution in [0, 0.1) is 5.92 Å². The van der Waals surface area contributed by atoms with Crippen LogP contribution >= 0.6 is 0 Å². The summed E-state index contributed by atoms with van der Waals surface area (Å²) in [5.41, 5.74) is 2.27. The largest absolute Gasteiger partial charge is 0.466 e. The molecule has 5 rings (SSSR count). The summed E-state index contributed by atoms with van der Waals surface area (Å²) in [6, 6.07) is 12.6. The summed E-state index contributed by atoms with van der Waals surface area (Å²) >= 11 is 0. The maximum Gasteiger partial charge on any atom is 0.309 e. The van der Waals surface area contributed by atoms with Gasteiger partial charge >= 0.3 is 5.97 Å². The van der Waals surface area contributed by atoms with Crippen molar-refractivity contribution in [2.24, 2.45) is 5.92 Å². The molecule has 0 N–H and O–H groups in total. The van der Waals surface area contributed by atoms with E-state index in [1.165, 1.54) is 4.57 Å². The number of para-hydroxylation sites is 1. The van der Waals surface area contributed by atoms with Gasteiger partial charge in [-0.1, -0.05) is 12.1 Å². The maximum atomic E-state index is 13.3. The lowest BCUT2D eigenvalue weighted by molar-refractivity contribution is -0.148. The second-order valence-electron chi connectivity index (χ2n) is 7.64. The van der Waals surface area contributed by atoms with Crippen LogP contribution in [0.3, 0.4) is 0 Å². The molecule has 0 aliphatic carbocycles. The number of rotatable bonds is 3. The molecule has 0 spiro atoms. The second kappa shape index (κ2) is 7.09. The molecule has 2 aliphatic rings. The molecule has 3 aromatic rings. The van der Waals surface area contributed by atoms with E-state index in [0.29, 0.717) is 28.8 Å². The van der Waals surface area contributed by atoms with E-state index < -0.39 is 0 Å². The molecule has 1 fully saturated rings. The number of anilines is 1. The van der Waals surface area contributed by atoms with Gasteiger partial charge in [-0.15, -0.1) is 0 Å². The molecule has 0 atom stereocenters. The zero-order chi connectivity index (χ0) is 20.8. The third kappa shape index (κ3) is 2.81. The number of hydrogen-bond donors (Lipinski definition) is 0. The number of hydrogen-bond acceptors (Lipinski definition) is 6. The molecule has 2 aliphatic heterocycles. The minimum atomic E-state index is -0.239. The Morgan fingerprint density at radius 1 is 1.13 bits per heavy atom. The number of ether oxygens (including phenoxy) is 1. The van der Waals surface area contributed by atoms with Gasteiger partial charge in [-0.05, 0) is 50.1 Å². The number of aromatic nitrogens is 2. The van der Waals surface area contributed by atoms with Gasteiger partial charge in [0.05, 0.1) is 34.7 Å². The summed E-state index contributed by atoms with van der Waals surface area (Å²) in [5.74, 6) is -0.261. The van der Waals surface area contributed by atoms with E-state index in [2.05, 4.69) is 9.88 Å². The lowest BCUT2D eigenvalue weighted by atomic mass is 9.96. The molecule has 3 heterocycles. The van der Waals surface area contributed by atoms with Crippen LogP contribution in [0.25, 0.3) is 16.6 Å². The van der Waals surface area contributed by atoms with Gasteiger partial charge in [0, 0.05) is 18.8 Å². The zero-order valence-corrected chi connectivity index (χ0v) is 16.6. The molecular weight excluding hydrogens is 382 g/mol. The molecule has 1 aromatic heterocycles. The molecule has 152 valence electrons. The summed E-state index contributed by atoms with van der Waals surface area (Å²) in [6.07, 6.45) is 1.44. The summed E-state index contributed by atoms with van der Waals surface area (Å²) in [4.78, 5) is 44.6. The Morgan fingerprint density at radius 2 is 1.90 bits per heavy atom. The van der Waals surface area contributed by atoms with Gasteiger partial charge in [-0.2, -0.15) is 0 Å². The van der Waals surface area contributed by atoms with Crippen molar-refractivity contribution < 1.29 is 14.3 Å². The van der Waals surface area contributed by atoms with Gasteiger partial charge in [0.25, 0.3) is 5.56 Å². The predicted molar refractivity (Wildman–Crippen MR) is 112 cm³/mol. The van der Waals surface area contributed by atoms with Crippen molar-refractivity contribution in [2.45, 2.75) is 19.8 Å². The molecule has 0 amide bonds. The van der Waals surface area contributed by atoms with Crippen LogP contribution in [-0.4, -0.2) is 41.0 Å².